The summed E-state index contributed by atoms with van der Waals surface area (Å²) in [6, 6.07) is 9.64. The largest absolute Gasteiger partial charge is 0.464 e. The van der Waals surface area contributed by atoms with Crippen molar-refractivity contribution in [3.63, 3.8) is 0 Å². The van der Waals surface area contributed by atoms with Gasteiger partial charge in [-0.25, -0.2) is 0 Å². The molecule has 0 atom stereocenters. The van der Waals surface area contributed by atoms with Crippen molar-refractivity contribution in [1.29, 1.82) is 0 Å². The Bertz CT molecular complexity index is 896. The lowest BCUT2D eigenvalue weighted by Crippen LogP contribution is -2.14. The summed E-state index contributed by atoms with van der Waals surface area (Å²) < 4.78 is 5.60. The number of benzene rings is 2. The molecule has 0 radical (unpaired) electrons. The lowest BCUT2D eigenvalue weighted by atomic mass is 10.0. The molecule has 1 N–H and O–H groups in total. The van der Waals surface area contributed by atoms with Crippen molar-refractivity contribution < 1.29 is 9.21 Å². The number of carbonyl (C=O) groups excluding carboxylic acids is 1. The number of hydrogen-bond donors (Lipinski definition) is 1. The number of anilines is 1. The topological polar surface area (TPSA) is 42.2 Å². The summed E-state index contributed by atoms with van der Waals surface area (Å²) in [6.45, 7) is 5.89. The van der Waals surface area contributed by atoms with Crippen molar-refractivity contribution in [2.75, 3.05) is 5.32 Å². The van der Waals surface area contributed by atoms with Crippen LogP contribution in [0.2, 0.25) is 5.02 Å². The Morgan fingerprint density at radius 2 is 2.00 bits per heavy atom. The minimum Gasteiger partial charge on any atom is -0.464 e. The minimum atomic E-state index is -0.0746. The number of halogens is 1. The molecule has 3 aromatic rings. The Hall–Kier alpha value is -2.26. The predicted molar refractivity (Wildman–Crippen MR) is 94.2 cm³/mol. The van der Waals surface area contributed by atoms with Crippen molar-refractivity contribution in [2.24, 2.45) is 0 Å². The molecule has 0 spiro atoms. The monoisotopic (exact) mass is 327 g/mol. The van der Waals surface area contributed by atoms with Gasteiger partial charge in [0.1, 0.15) is 5.58 Å². The van der Waals surface area contributed by atoms with Crippen molar-refractivity contribution in [2.45, 2.75) is 27.2 Å². The second kappa shape index (κ2) is 6.09. The van der Waals surface area contributed by atoms with E-state index >= 15 is 0 Å². The van der Waals surface area contributed by atoms with Gasteiger partial charge in [0.2, 0.25) is 5.91 Å². The van der Waals surface area contributed by atoms with Crippen LogP contribution in [0.3, 0.4) is 0 Å². The molecule has 3 nitrogen and oxygen atoms in total. The van der Waals surface area contributed by atoms with Gasteiger partial charge in [0, 0.05) is 21.7 Å². The van der Waals surface area contributed by atoms with E-state index in [9.17, 15) is 4.79 Å². The van der Waals surface area contributed by atoms with E-state index in [1.54, 1.807) is 6.26 Å². The Labute approximate surface area is 140 Å². The van der Waals surface area contributed by atoms with Crippen LogP contribution < -0.4 is 5.32 Å². The zero-order valence-corrected chi connectivity index (χ0v) is 14.1. The van der Waals surface area contributed by atoms with E-state index < -0.39 is 0 Å². The molecule has 0 aliphatic carbocycles. The van der Waals surface area contributed by atoms with Gasteiger partial charge in [0.05, 0.1) is 12.7 Å². The normalized spacial score (nSPS) is 11.0. The molecule has 0 aliphatic heterocycles. The average Bonchev–Trinajstić information content (AvgIpc) is 2.87. The van der Waals surface area contributed by atoms with E-state index in [0.29, 0.717) is 0 Å². The summed E-state index contributed by atoms with van der Waals surface area (Å²) in [7, 11) is 0. The quantitative estimate of drug-likeness (QED) is 0.719. The van der Waals surface area contributed by atoms with Crippen molar-refractivity contribution >= 4 is 34.2 Å². The zero-order valence-electron chi connectivity index (χ0n) is 13.4. The summed E-state index contributed by atoms with van der Waals surface area (Å²) in [6.07, 6.45) is 1.89. The lowest BCUT2D eigenvalue weighted by Gasteiger charge is -2.07. The first-order chi connectivity index (χ1) is 11.0. The van der Waals surface area contributed by atoms with Crippen LogP contribution in [0.4, 0.5) is 5.69 Å². The van der Waals surface area contributed by atoms with E-state index in [1.807, 2.05) is 51.1 Å². The standard InChI is InChI=1S/C19H18ClNO2/c1-11-5-4-6-15(7-11)21-17(22)9-14-10-23-16-8-12(2)19(20)13(3)18(14)16/h4-8,10H,9H2,1-3H3,(H,21,22). The van der Waals surface area contributed by atoms with E-state index in [0.717, 1.165) is 43.9 Å². The van der Waals surface area contributed by atoms with E-state index in [4.69, 9.17) is 16.0 Å². The van der Waals surface area contributed by atoms with Crippen LogP contribution in [0.1, 0.15) is 22.3 Å². The Morgan fingerprint density at radius 1 is 1.22 bits per heavy atom. The van der Waals surface area contributed by atoms with Crippen LogP contribution in [0.5, 0.6) is 0 Å². The van der Waals surface area contributed by atoms with Gasteiger partial charge in [-0.1, -0.05) is 23.7 Å². The number of rotatable bonds is 3. The van der Waals surface area contributed by atoms with Crippen LogP contribution in [0, 0.1) is 20.8 Å². The highest BCUT2D eigenvalue weighted by Crippen LogP contribution is 2.32. The summed E-state index contributed by atoms with van der Waals surface area (Å²) in [4.78, 5) is 12.3. The number of hydrogen-bond acceptors (Lipinski definition) is 2. The van der Waals surface area contributed by atoms with Gasteiger partial charge in [0.25, 0.3) is 0 Å². The number of amides is 1. The number of aryl methyl sites for hydroxylation is 3. The van der Waals surface area contributed by atoms with Gasteiger partial charge in [-0.3, -0.25) is 4.79 Å². The molecule has 0 saturated carbocycles. The van der Waals surface area contributed by atoms with E-state index in [-0.39, 0.29) is 12.3 Å². The first kappa shape index (κ1) is 15.6. The Kier molecular flexibility index (Phi) is 4.14. The van der Waals surface area contributed by atoms with Crippen molar-refractivity contribution in [3.05, 3.63) is 63.9 Å². The number of carbonyl (C=O) groups is 1. The minimum absolute atomic E-state index is 0.0746. The van der Waals surface area contributed by atoms with Gasteiger partial charge in [-0.05, 0) is 55.7 Å². The number of fused-ring (bicyclic) bond motifs is 1. The Morgan fingerprint density at radius 3 is 2.74 bits per heavy atom. The molecule has 0 aliphatic rings. The van der Waals surface area contributed by atoms with Crippen LogP contribution in [0.25, 0.3) is 11.0 Å². The maximum atomic E-state index is 12.3. The second-order valence-corrected chi connectivity index (χ2v) is 6.24. The molecule has 1 aromatic heterocycles. The second-order valence-electron chi connectivity index (χ2n) is 5.86. The Balaban J connectivity index is 1.87. The third-order valence-corrected chi connectivity index (χ3v) is 4.53. The molecule has 4 heteroatoms. The molecule has 118 valence electrons. The average molecular weight is 328 g/mol. The van der Waals surface area contributed by atoms with Gasteiger partial charge < -0.3 is 9.73 Å². The van der Waals surface area contributed by atoms with Crippen LogP contribution in [0.15, 0.2) is 41.0 Å². The molecule has 0 unspecified atom stereocenters. The molecule has 1 amide bonds. The molecule has 23 heavy (non-hydrogen) atoms. The highest BCUT2D eigenvalue weighted by Gasteiger charge is 2.15. The van der Waals surface area contributed by atoms with Crippen molar-refractivity contribution in [1.82, 2.24) is 0 Å². The SMILES string of the molecule is Cc1cccc(NC(=O)Cc2coc3cc(C)c(Cl)c(C)c23)c1. The number of furan rings is 1. The zero-order chi connectivity index (χ0) is 16.6. The fraction of sp³-hybridized carbons (Fsp3) is 0.211. The van der Waals surface area contributed by atoms with Crippen LogP contribution in [-0.4, -0.2) is 5.91 Å². The molecule has 0 saturated heterocycles. The summed E-state index contributed by atoms with van der Waals surface area (Å²) >= 11 is 6.33. The third kappa shape index (κ3) is 3.10. The summed E-state index contributed by atoms with van der Waals surface area (Å²) in [5, 5.41) is 4.57. The highest BCUT2D eigenvalue weighted by molar-refractivity contribution is 6.33. The van der Waals surface area contributed by atoms with Crippen LogP contribution in [-0.2, 0) is 11.2 Å². The van der Waals surface area contributed by atoms with Gasteiger partial charge in [0.15, 0.2) is 0 Å². The fourth-order valence-electron chi connectivity index (χ4n) is 2.84. The molecular weight excluding hydrogens is 310 g/mol. The summed E-state index contributed by atoms with van der Waals surface area (Å²) in [5.41, 5.74) is 5.45. The maximum Gasteiger partial charge on any atom is 0.228 e. The molecule has 0 bridgehead atoms. The van der Waals surface area contributed by atoms with Gasteiger partial charge in [-0.2, -0.15) is 0 Å². The molecule has 1 heterocycles. The molecule has 3 rings (SSSR count). The third-order valence-electron chi connectivity index (χ3n) is 3.95. The van der Waals surface area contributed by atoms with Crippen molar-refractivity contribution in [3.8, 4) is 0 Å². The maximum absolute atomic E-state index is 12.3. The molecular formula is C19H18ClNO2. The molecule has 2 aromatic carbocycles. The van der Waals surface area contributed by atoms with Gasteiger partial charge in [-0.15, -0.1) is 0 Å². The van der Waals surface area contributed by atoms with Gasteiger partial charge >= 0.3 is 0 Å². The fourth-order valence-corrected chi connectivity index (χ4v) is 2.99. The lowest BCUT2D eigenvalue weighted by molar-refractivity contribution is -0.115. The number of nitrogens with one attached hydrogen (secondary N) is 1. The van der Waals surface area contributed by atoms with E-state index in [1.165, 1.54) is 0 Å². The predicted octanol–water partition coefficient (Wildman–Crippen LogP) is 5.19. The smallest absolute Gasteiger partial charge is 0.228 e. The first-order valence-electron chi connectivity index (χ1n) is 7.48. The highest BCUT2D eigenvalue weighted by atomic mass is 35.5. The summed E-state index contributed by atoms with van der Waals surface area (Å²) in [5.74, 6) is -0.0746. The van der Waals surface area contributed by atoms with E-state index in [2.05, 4.69) is 5.32 Å². The first-order valence-corrected chi connectivity index (χ1v) is 7.86. The van der Waals surface area contributed by atoms with Crippen LogP contribution >= 0.6 is 11.6 Å². The molecule has 0 fully saturated rings.